The minimum Gasteiger partial charge on any atom is -0.456 e. The van der Waals surface area contributed by atoms with Crippen LogP contribution in [0.15, 0.2) is 188 Å². The van der Waals surface area contributed by atoms with Gasteiger partial charge < -0.3 is 9.64 Å². The van der Waals surface area contributed by atoms with Gasteiger partial charge in [-0.1, -0.05) is 147 Å². The molecule has 2 heteroatoms. The highest BCUT2D eigenvalue weighted by atomic mass is 16.5. The first-order valence-corrected chi connectivity index (χ1v) is 18.3. The van der Waals surface area contributed by atoms with Crippen molar-refractivity contribution >= 4 is 17.1 Å². The van der Waals surface area contributed by atoms with Crippen LogP contribution in [0.4, 0.5) is 17.1 Å². The molecule has 0 saturated heterocycles. The topological polar surface area (TPSA) is 12.5 Å². The molecule has 0 aromatic heterocycles. The van der Waals surface area contributed by atoms with Crippen molar-refractivity contribution < 1.29 is 4.74 Å². The van der Waals surface area contributed by atoms with Crippen molar-refractivity contribution in [1.29, 1.82) is 0 Å². The molecule has 252 valence electrons. The highest BCUT2D eigenvalue weighted by Gasteiger charge is 2.36. The summed E-state index contributed by atoms with van der Waals surface area (Å²) >= 11 is 0. The number of nitrogens with zero attached hydrogens (tertiary/aromatic N) is 1. The summed E-state index contributed by atoms with van der Waals surface area (Å²) in [6.45, 7) is 4.69. The molecule has 1 aliphatic heterocycles. The summed E-state index contributed by atoms with van der Waals surface area (Å²) < 4.78 is 7.01. The first kappa shape index (κ1) is 31.1. The normalized spacial score (nSPS) is 13.0. The summed E-state index contributed by atoms with van der Waals surface area (Å²) in [6.07, 6.45) is 0. The molecule has 0 fully saturated rings. The second-order valence-corrected chi connectivity index (χ2v) is 14.6. The van der Waals surface area contributed by atoms with Gasteiger partial charge >= 0.3 is 0 Å². The maximum absolute atomic E-state index is 7.01. The zero-order valence-corrected chi connectivity index (χ0v) is 29.8. The fourth-order valence-electron chi connectivity index (χ4n) is 8.38. The Bertz CT molecular complexity index is 2660. The lowest BCUT2D eigenvalue weighted by Crippen LogP contribution is -2.16. The second-order valence-electron chi connectivity index (χ2n) is 14.6. The van der Waals surface area contributed by atoms with E-state index < -0.39 is 0 Å². The van der Waals surface area contributed by atoms with Gasteiger partial charge in [0.15, 0.2) is 0 Å². The van der Waals surface area contributed by atoms with E-state index in [0.29, 0.717) is 0 Å². The molecule has 0 saturated carbocycles. The molecule has 53 heavy (non-hydrogen) atoms. The lowest BCUT2D eigenvalue weighted by atomic mass is 9.82. The van der Waals surface area contributed by atoms with Gasteiger partial charge in [-0.25, -0.2) is 0 Å². The van der Waals surface area contributed by atoms with E-state index in [4.69, 9.17) is 4.74 Å². The Hall–Kier alpha value is -6.64. The Kier molecular flexibility index (Phi) is 7.19. The predicted molar refractivity (Wildman–Crippen MR) is 221 cm³/mol. The molecule has 2 aliphatic rings. The van der Waals surface area contributed by atoms with Crippen LogP contribution in [0.3, 0.4) is 0 Å². The van der Waals surface area contributed by atoms with E-state index in [1.165, 1.54) is 38.9 Å². The maximum atomic E-state index is 7.01. The van der Waals surface area contributed by atoms with Gasteiger partial charge in [0, 0.05) is 39.7 Å². The largest absolute Gasteiger partial charge is 0.456 e. The number of ether oxygens (including phenoxy) is 1. The third kappa shape index (κ3) is 5.18. The van der Waals surface area contributed by atoms with Crippen LogP contribution in [-0.4, -0.2) is 0 Å². The molecule has 0 N–H and O–H groups in total. The molecular formula is C51H37NO. The molecule has 0 amide bonds. The van der Waals surface area contributed by atoms with E-state index in [9.17, 15) is 0 Å². The van der Waals surface area contributed by atoms with Crippen LogP contribution in [0.25, 0.3) is 55.6 Å². The molecule has 0 unspecified atom stereocenters. The fourth-order valence-corrected chi connectivity index (χ4v) is 8.38. The lowest BCUT2D eigenvalue weighted by molar-refractivity contribution is 0.488. The Balaban J connectivity index is 1.14. The Morgan fingerprint density at radius 2 is 0.792 bits per heavy atom. The van der Waals surface area contributed by atoms with Crippen molar-refractivity contribution in [2.45, 2.75) is 19.3 Å². The van der Waals surface area contributed by atoms with Crippen molar-refractivity contribution in [3.8, 4) is 67.1 Å². The number of hydrogen-bond donors (Lipinski definition) is 0. The number of hydrogen-bond acceptors (Lipinski definition) is 2. The van der Waals surface area contributed by atoms with Crippen LogP contribution in [0, 0.1) is 0 Å². The zero-order valence-electron chi connectivity index (χ0n) is 29.8. The van der Waals surface area contributed by atoms with Crippen molar-refractivity contribution in [3.63, 3.8) is 0 Å². The van der Waals surface area contributed by atoms with E-state index in [-0.39, 0.29) is 5.41 Å². The van der Waals surface area contributed by atoms with Gasteiger partial charge in [0.25, 0.3) is 0 Å². The van der Waals surface area contributed by atoms with Crippen molar-refractivity contribution in [2.75, 3.05) is 4.90 Å². The van der Waals surface area contributed by atoms with Gasteiger partial charge in [-0.05, 0) is 104 Å². The first-order valence-electron chi connectivity index (χ1n) is 18.3. The number of rotatable bonds is 5. The molecule has 1 heterocycles. The smallest absolute Gasteiger partial charge is 0.137 e. The van der Waals surface area contributed by atoms with Gasteiger partial charge in [0.2, 0.25) is 0 Å². The molecule has 2 nitrogen and oxygen atoms in total. The summed E-state index contributed by atoms with van der Waals surface area (Å²) in [5.74, 6) is 1.68. The van der Waals surface area contributed by atoms with Crippen LogP contribution >= 0.6 is 0 Å². The van der Waals surface area contributed by atoms with Crippen LogP contribution in [-0.2, 0) is 5.41 Å². The maximum Gasteiger partial charge on any atom is 0.137 e. The minimum absolute atomic E-state index is 0.120. The Morgan fingerprint density at radius 1 is 0.340 bits per heavy atom. The Labute approximate surface area is 311 Å². The fraction of sp³-hybridized carbons (Fsp3) is 0.0588. The first-order chi connectivity index (χ1) is 26.0. The summed E-state index contributed by atoms with van der Waals surface area (Å²) in [6, 6.07) is 67.7. The van der Waals surface area contributed by atoms with Gasteiger partial charge in [0.05, 0.1) is 0 Å². The molecule has 0 radical (unpaired) electrons. The van der Waals surface area contributed by atoms with Crippen LogP contribution in [0.1, 0.15) is 25.0 Å². The molecule has 0 bridgehead atoms. The summed E-state index contributed by atoms with van der Waals surface area (Å²) in [4.78, 5) is 2.37. The molecule has 0 atom stereocenters. The van der Waals surface area contributed by atoms with Crippen molar-refractivity contribution in [3.05, 3.63) is 199 Å². The standard InChI is InChI=1S/C51H37NO/c1-51(2)47-20-12-11-19-43(47)44-29-26-39(32-48(44)51)52(38-24-21-36(22-25-38)34-13-5-3-6-14-34)40-27-30-46-42-18-10-9-17-41(42)45-28-23-37(35-15-7-4-8-16-35)31-49(45)53-50(46)33-40/h3-33H,1-2H3. The SMILES string of the molecule is CC1(C)c2ccccc2-c2ccc(N(c3ccc(-c4ccccc4)cc3)c3ccc4c(c3)Oc3cc(-c5ccccc5)ccc3-c3ccccc3-4)cc21. The molecule has 8 aromatic carbocycles. The Morgan fingerprint density at radius 3 is 1.47 bits per heavy atom. The van der Waals surface area contributed by atoms with Crippen molar-refractivity contribution in [2.24, 2.45) is 0 Å². The zero-order chi connectivity index (χ0) is 35.5. The molecular weight excluding hydrogens is 643 g/mol. The molecule has 10 rings (SSSR count). The van der Waals surface area contributed by atoms with E-state index in [1.54, 1.807) is 0 Å². The van der Waals surface area contributed by atoms with E-state index in [1.807, 2.05) is 0 Å². The van der Waals surface area contributed by atoms with E-state index in [0.717, 1.165) is 56.4 Å². The monoisotopic (exact) mass is 679 g/mol. The number of fused-ring (bicyclic) bond motifs is 8. The number of anilines is 3. The molecule has 1 aliphatic carbocycles. The highest BCUT2D eigenvalue weighted by molar-refractivity contribution is 5.93. The van der Waals surface area contributed by atoms with Crippen LogP contribution in [0.5, 0.6) is 11.5 Å². The van der Waals surface area contributed by atoms with E-state index in [2.05, 4.69) is 207 Å². The minimum atomic E-state index is -0.120. The summed E-state index contributed by atoms with van der Waals surface area (Å²) in [5, 5.41) is 0. The van der Waals surface area contributed by atoms with Gasteiger partial charge in [-0.3, -0.25) is 0 Å². The van der Waals surface area contributed by atoms with Crippen LogP contribution in [0.2, 0.25) is 0 Å². The quantitative estimate of drug-likeness (QED) is 0.180. The van der Waals surface area contributed by atoms with Gasteiger partial charge in [0.1, 0.15) is 11.5 Å². The lowest BCUT2D eigenvalue weighted by Gasteiger charge is -2.29. The van der Waals surface area contributed by atoms with Crippen molar-refractivity contribution in [1.82, 2.24) is 0 Å². The number of benzene rings is 8. The molecule has 8 aromatic rings. The predicted octanol–water partition coefficient (Wildman–Crippen LogP) is 14.2. The second kappa shape index (κ2) is 12.3. The highest BCUT2D eigenvalue weighted by Crippen LogP contribution is 2.52. The third-order valence-corrected chi connectivity index (χ3v) is 11.1. The third-order valence-electron chi connectivity index (χ3n) is 11.1. The average Bonchev–Trinajstić information content (AvgIpc) is 3.34. The van der Waals surface area contributed by atoms with Crippen LogP contribution < -0.4 is 9.64 Å². The average molecular weight is 680 g/mol. The van der Waals surface area contributed by atoms with Gasteiger partial charge in [-0.2, -0.15) is 0 Å². The molecule has 0 spiro atoms. The van der Waals surface area contributed by atoms with E-state index >= 15 is 0 Å². The summed E-state index contributed by atoms with van der Waals surface area (Å²) in [5.41, 5.74) is 17.6. The summed E-state index contributed by atoms with van der Waals surface area (Å²) in [7, 11) is 0. The van der Waals surface area contributed by atoms with Gasteiger partial charge in [-0.15, -0.1) is 0 Å².